The van der Waals surface area contributed by atoms with Crippen LogP contribution in [0, 0.1) is 0 Å². The molecule has 0 radical (unpaired) electrons. The van der Waals surface area contributed by atoms with Gasteiger partial charge in [-0.3, -0.25) is 0 Å². The highest BCUT2D eigenvalue weighted by atomic mass is 19.3. The van der Waals surface area contributed by atoms with E-state index in [2.05, 4.69) is 11.3 Å². The molecule has 1 aromatic rings. The highest BCUT2D eigenvalue weighted by Crippen LogP contribution is 2.21. The molecule has 76 valence electrons. The molecular formula is C10H10F2O2. The van der Waals surface area contributed by atoms with E-state index in [1.54, 1.807) is 18.2 Å². The van der Waals surface area contributed by atoms with Crippen LogP contribution in [0.5, 0.6) is 5.75 Å². The molecule has 0 atom stereocenters. The molecule has 0 aromatic heterocycles. The number of hydrogen-bond donors (Lipinski definition) is 1. The highest BCUT2D eigenvalue weighted by molar-refractivity contribution is 5.48. The van der Waals surface area contributed by atoms with Gasteiger partial charge in [-0.25, -0.2) is 0 Å². The monoisotopic (exact) mass is 200 g/mol. The third-order valence-corrected chi connectivity index (χ3v) is 1.57. The summed E-state index contributed by atoms with van der Waals surface area (Å²) in [6, 6.07) is 5.97. The normalized spacial score (nSPS) is 11.1. The van der Waals surface area contributed by atoms with Crippen molar-refractivity contribution in [2.75, 3.05) is 6.61 Å². The van der Waals surface area contributed by atoms with E-state index in [1.165, 1.54) is 12.1 Å². The van der Waals surface area contributed by atoms with E-state index < -0.39 is 12.7 Å². The molecule has 0 fully saturated rings. The first-order chi connectivity index (χ1) is 6.57. The van der Waals surface area contributed by atoms with Crippen LogP contribution in [-0.4, -0.2) is 17.8 Å². The van der Waals surface area contributed by atoms with Gasteiger partial charge in [0.15, 0.2) is 0 Å². The van der Waals surface area contributed by atoms with Crippen LogP contribution in [0.25, 0.3) is 6.08 Å². The Morgan fingerprint density at radius 2 is 1.93 bits per heavy atom. The Morgan fingerprint density at radius 3 is 2.36 bits per heavy atom. The fraction of sp³-hybridized carbons (Fsp3) is 0.200. The predicted octanol–water partition coefficient (Wildman–Crippen LogP) is 2.29. The van der Waals surface area contributed by atoms with Crippen molar-refractivity contribution in [1.82, 2.24) is 0 Å². The molecule has 14 heavy (non-hydrogen) atoms. The second-order valence-electron chi connectivity index (χ2n) is 2.67. The molecule has 1 N–H and O–H groups in total. The molecule has 0 unspecified atom stereocenters. The highest BCUT2D eigenvalue weighted by Gasteiger charge is 2.30. The van der Waals surface area contributed by atoms with E-state index in [0.29, 0.717) is 0 Å². The van der Waals surface area contributed by atoms with Crippen LogP contribution in [0.1, 0.15) is 5.56 Å². The van der Waals surface area contributed by atoms with Crippen molar-refractivity contribution in [2.45, 2.75) is 6.11 Å². The van der Waals surface area contributed by atoms with Crippen molar-refractivity contribution in [3.05, 3.63) is 36.4 Å². The van der Waals surface area contributed by atoms with Crippen LogP contribution in [-0.2, 0) is 0 Å². The second kappa shape index (κ2) is 4.19. The number of benzene rings is 1. The zero-order valence-electron chi connectivity index (χ0n) is 7.41. The third-order valence-electron chi connectivity index (χ3n) is 1.57. The van der Waals surface area contributed by atoms with Gasteiger partial charge in [0.1, 0.15) is 12.4 Å². The smallest absolute Gasteiger partial charge is 0.421 e. The number of halogens is 2. The second-order valence-corrected chi connectivity index (χ2v) is 2.67. The number of aliphatic hydroxyl groups excluding tert-OH is 1. The van der Waals surface area contributed by atoms with Crippen LogP contribution in [0.4, 0.5) is 8.78 Å². The van der Waals surface area contributed by atoms with Crippen molar-refractivity contribution in [2.24, 2.45) is 0 Å². The van der Waals surface area contributed by atoms with Crippen molar-refractivity contribution < 1.29 is 18.6 Å². The van der Waals surface area contributed by atoms with Crippen molar-refractivity contribution in [3.8, 4) is 5.75 Å². The Bertz CT molecular complexity index is 306. The van der Waals surface area contributed by atoms with E-state index in [4.69, 9.17) is 5.11 Å². The maximum absolute atomic E-state index is 12.5. The van der Waals surface area contributed by atoms with Gasteiger partial charge in [-0.15, -0.1) is 0 Å². The summed E-state index contributed by atoms with van der Waals surface area (Å²) in [6.07, 6.45) is -1.94. The van der Waals surface area contributed by atoms with Crippen molar-refractivity contribution >= 4 is 6.08 Å². The number of rotatable bonds is 4. The van der Waals surface area contributed by atoms with E-state index in [0.717, 1.165) is 5.56 Å². The van der Waals surface area contributed by atoms with Crippen LogP contribution in [0.15, 0.2) is 30.8 Å². The molecule has 0 amide bonds. The van der Waals surface area contributed by atoms with Gasteiger partial charge in [0, 0.05) is 0 Å². The molecule has 0 spiro atoms. The lowest BCUT2D eigenvalue weighted by Crippen LogP contribution is -2.28. The Morgan fingerprint density at radius 1 is 1.36 bits per heavy atom. The predicted molar refractivity (Wildman–Crippen MR) is 49.2 cm³/mol. The molecule has 0 saturated carbocycles. The van der Waals surface area contributed by atoms with Gasteiger partial charge < -0.3 is 9.84 Å². The van der Waals surface area contributed by atoms with E-state index in [9.17, 15) is 8.78 Å². The largest absolute Gasteiger partial charge is 0.431 e. The molecule has 1 aromatic carbocycles. The maximum Gasteiger partial charge on any atom is 0.421 e. The zero-order valence-corrected chi connectivity index (χ0v) is 7.41. The molecule has 4 heteroatoms. The van der Waals surface area contributed by atoms with Crippen LogP contribution >= 0.6 is 0 Å². The van der Waals surface area contributed by atoms with Gasteiger partial charge in [-0.1, -0.05) is 24.8 Å². The van der Waals surface area contributed by atoms with Crippen LogP contribution in [0.3, 0.4) is 0 Å². The Balaban J connectivity index is 2.73. The lowest BCUT2D eigenvalue weighted by molar-refractivity contribution is -0.200. The summed E-state index contributed by atoms with van der Waals surface area (Å²) in [6.45, 7) is 2.19. The summed E-state index contributed by atoms with van der Waals surface area (Å²) in [5, 5.41) is 8.26. The Hall–Kier alpha value is -1.42. The fourth-order valence-corrected chi connectivity index (χ4v) is 0.877. The summed E-state index contributed by atoms with van der Waals surface area (Å²) >= 11 is 0. The molecule has 1 rings (SSSR count). The van der Waals surface area contributed by atoms with Gasteiger partial charge in [-0.05, 0) is 17.7 Å². The van der Waals surface area contributed by atoms with Crippen LogP contribution in [0.2, 0.25) is 0 Å². The summed E-state index contributed by atoms with van der Waals surface area (Å²) in [4.78, 5) is 0. The summed E-state index contributed by atoms with van der Waals surface area (Å²) in [5.41, 5.74) is 0.810. The molecule has 0 aliphatic carbocycles. The first kappa shape index (κ1) is 10.7. The third kappa shape index (κ3) is 2.81. The first-order valence-electron chi connectivity index (χ1n) is 3.97. The molecule has 0 saturated heterocycles. The summed E-state index contributed by atoms with van der Waals surface area (Å²) in [5.74, 6) is 0.00894. The summed E-state index contributed by atoms with van der Waals surface area (Å²) in [7, 11) is 0. The number of alkyl halides is 2. The number of hydrogen-bond acceptors (Lipinski definition) is 2. The minimum atomic E-state index is -3.53. The zero-order chi connectivity index (χ0) is 10.6. The standard InChI is InChI=1S/C10H10F2O2/c1-2-8-3-5-9(6-4-8)14-10(11,12)7-13/h2-6,13H,1,7H2. The fourth-order valence-electron chi connectivity index (χ4n) is 0.877. The molecule has 0 heterocycles. The van der Waals surface area contributed by atoms with Crippen LogP contribution < -0.4 is 4.74 Å². The lowest BCUT2D eigenvalue weighted by atomic mass is 10.2. The van der Waals surface area contributed by atoms with E-state index >= 15 is 0 Å². The average molecular weight is 200 g/mol. The van der Waals surface area contributed by atoms with Gasteiger partial charge in [0.05, 0.1) is 0 Å². The molecular weight excluding hydrogens is 190 g/mol. The van der Waals surface area contributed by atoms with Gasteiger partial charge >= 0.3 is 6.11 Å². The van der Waals surface area contributed by atoms with E-state index in [1.807, 2.05) is 0 Å². The van der Waals surface area contributed by atoms with E-state index in [-0.39, 0.29) is 5.75 Å². The van der Waals surface area contributed by atoms with Crippen molar-refractivity contribution in [1.29, 1.82) is 0 Å². The number of ether oxygens (including phenoxy) is 1. The Kier molecular flexibility index (Phi) is 3.19. The van der Waals surface area contributed by atoms with Gasteiger partial charge in [-0.2, -0.15) is 8.78 Å². The SMILES string of the molecule is C=Cc1ccc(OC(F)(F)CO)cc1. The molecule has 2 nitrogen and oxygen atoms in total. The maximum atomic E-state index is 12.5. The minimum absolute atomic E-state index is 0.00894. The molecule has 0 aliphatic heterocycles. The first-order valence-corrected chi connectivity index (χ1v) is 3.97. The molecule has 0 aliphatic rings. The average Bonchev–Trinajstić information content (AvgIpc) is 2.19. The number of aliphatic hydroxyl groups is 1. The van der Waals surface area contributed by atoms with Gasteiger partial charge in [0.2, 0.25) is 0 Å². The summed E-state index contributed by atoms with van der Waals surface area (Å²) < 4.78 is 29.3. The quantitative estimate of drug-likeness (QED) is 0.808. The topological polar surface area (TPSA) is 29.5 Å². The van der Waals surface area contributed by atoms with Gasteiger partial charge in [0.25, 0.3) is 0 Å². The Labute approximate surface area is 80.4 Å². The lowest BCUT2D eigenvalue weighted by Gasteiger charge is -2.15. The van der Waals surface area contributed by atoms with Crippen molar-refractivity contribution in [3.63, 3.8) is 0 Å². The minimum Gasteiger partial charge on any atom is -0.431 e. The molecule has 0 bridgehead atoms.